The molecule has 0 atom stereocenters. The van der Waals surface area contributed by atoms with Crippen LogP contribution in [0.4, 0.5) is 0 Å². The zero-order valence-corrected chi connectivity index (χ0v) is 20.2. The molecule has 0 spiro atoms. The summed E-state index contributed by atoms with van der Waals surface area (Å²) < 4.78 is 32.9. The second kappa shape index (κ2) is 10.4. The van der Waals surface area contributed by atoms with Crippen molar-refractivity contribution in [3.63, 3.8) is 0 Å². The van der Waals surface area contributed by atoms with Crippen molar-refractivity contribution in [3.05, 3.63) is 83.6 Å². The molecule has 0 saturated carbocycles. The van der Waals surface area contributed by atoms with Crippen molar-refractivity contribution in [1.29, 1.82) is 0 Å². The fourth-order valence-corrected chi connectivity index (χ4v) is 5.43. The van der Waals surface area contributed by atoms with Gasteiger partial charge in [-0.1, -0.05) is 36.4 Å². The summed E-state index contributed by atoms with van der Waals surface area (Å²) >= 11 is 0. The first-order valence-electron chi connectivity index (χ1n) is 11.4. The molecule has 3 aromatic rings. The average Bonchev–Trinajstić information content (AvgIpc) is 2.86. The standard InChI is InChI=1S/C26H29N3O4S/c1-19-8-9-20(2)24(16-19)33-25-11-10-21(17-27-25)18-28-26(30)22-12-14-29(15-13-22)34(31,32)23-6-4-3-5-7-23/h3-11,16-17,22H,12-15,18H2,1-2H3,(H,28,30). The Kier molecular flexibility index (Phi) is 7.29. The average molecular weight is 480 g/mol. The highest BCUT2D eigenvalue weighted by Crippen LogP contribution is 2.26. The third-order valence-corrected chi connectivity index (χ3v) is 7.94. The van der Waals surface area contributed by atoms with Crippen LogP contribution in [-0.2, 0) is 21.4 Å². The minimum Gasteiger partial charge on any atom is -0.439 e. The molecule has 8 heteroatoms. The monoisotopic (exact) mass is 479 g/mol. The maximum atomic E-state index is 12.8. The van der Waals surface area contributed by atoms with E-state index in [2.05, 4.69) is 10.3 Å². The van der Waals surface area contributed by atoms with Gasteiger partial charge in [-0.3, -0.25) is 4.79 Å². The number of ether oxygens (including phenoxy) is 1. The Balaban J connectivity index is 1.27. The Morgan fingerprint density at radius 3 is 2.47 bits per heavy atom. The van der Waals surface area contributed by atoms with Crippen LogP contribution in [0, 0.1) is 19.8 Å². The molecule has 1 aliphatic heterocycles. The Labute approximate surface area is 200 Å². The molecule has 178 valence electrons. The summed E-state index contributed by atoms with van der Waals surface area (Å²) in [6.07, 6.45) is 2.69. The Bertz CT molecular complexity index is 1240. The highest BCUT2D eigenvalue weighted by atomic mass is 32.2. The number of carbonyl (C=O) groups is 1. The van der Waals surface area contributed by atoms with Crippen LogP contribution < -0.4 is 10.1 Å². The molecule has 4 rings (SSSR count). The third-order valence-electron chi connectivity index (χ3n) is 6.03. The first kappa shape index (κ1) is 23.9. The SMILES string of the molecule is Cc1ccc(C)c(Oc2ccc(CNC(=O)C3CCN(S(=O)(=O)c4ccccc4)CC3)cn2)c1. The Morgan fingerprint density at radius 1 is 1.06 bits per heavy atom. The molecule has 0 bridgehead atoms. The molecule has 0 unspecified atom stereocenters. The smallest absolute Gasteiger partial charge is 0.243 e. The lowest BCUT2D eigenvalue weighted by atomic mass is 9.97. The number of benzene rings is 2. The second-order valence-electron chi connectivity index (χ2n) is 8.58. The van der Waals surface area contributed by atoms with Gasteiger partial charge in [-0.25, -0.2) is 13.4 Å². The number of aryl methyl sites for hydroxylation is 2. The topological polar surface area (TPSA) is 88.6 Å². The van der Waals surface area contributed by atoms with E-state index in [9.17, 15) is 13.2 Å². The summed E-state index contributed by atoms with van der Waals surface area (Å²) in [5.74, 6) is 1.000. The van der Waals surface area contributed by atoms with Gasteiger partial charge in [0.25, 0.3) is 0 Å². The van der Waals surface area contributed by atoms with Gasteiger partial charge < -0.3 is 10.1 Å². The van der Waals surface area contributed by atoms with Crippen LogP contribution in [0.5, 0.6) is 11.6 Å². The molecule has 1 saturated heterocycles. The van der Waals surface area contributed by atoms with Crippen molar-refractivity contribution in [2.45, 2.75) is 38.1 Å². The number of nitrogens with zero attached hydrogens (tertiary/aromatic N) is 2. The number of piperidine rings is 1. The Morgan fingerprint density at radius 2 is 1.79 bits per heavy atom. The summed E-state index contributed by atoms with van der Waals surface area (Å²) in [5, 5.41) is 2.95. The minimum atomic E-state index is -3.52. The summed E-state index contributed by atoms with van der Waals surface area (Å²) in [4.78, 5) is 17.3. The highest BCUT2D eigenvalue weighted by molar-refractivity contribution is 7.89. The van der Waals surface area contributed by atoms with E-state index in [1.165, 1.54) is 4.31 Å². The molecule has 1 aromatic heterocycles. The van der Waals surface area contributed by atoms with Gasteiger partial charge in [0.15, 0.2) is 0 Å². The van der Waals surface area contributed by atoms with E-state index in [1.807, 2.05) is 38.1 Å². The van der Waals surface area contributed by atoms with E-state index in [0.29, 0.717) is 38.4 Å². The predicted octanol–water partition coefficient (Wildman–Crippen LogP) is 4.21. The van der Waals surface area contributed by atoms with Crippen molar-refractivity contribution in [2.75, 3.05) is 13.1 Å². The quantitative estimate of drug-likeness (QED) is 0.548. The lowest BCUT2D eigenvalue weighted by molar-refractivity contribution is -0.126. The van der Waals surface area contributed by atoms with E-state index < -0.39 is 10.0 Å². The largest absolute Gasteiger partial charge is 0.439 e. The predicted molar refractivity (Wildman–Crippen MR) is 130 cm³/mol. The number of pyridine rings is 1. The number of hydrogen-bond donors (Lipinski definition) is 1. The van der Waals surface area contributed by atoms with Gasteiger partial charge in [0.2, 0.25) is 21.8 Å². The zero-order chi connectivity index (χ0) is 24.1. The molecule has 1 N–H and O–H groups in total. The molecule has 2 heterocycles. The molecular weight excluding hydrogens is 450 g/mol. The minimum absolute atomic E-state index is 0.0625. The highest BCUT2D eigenvalue weighted by Gasteiger charge is 2.31. The molecular formula is C26H29N3O4S. The fraction of sp³-hybridized carbons (Fsp3) is 0.308. The summed E-state index contributed by atoms with van der Waals surface area (Å²) in [7, 11) is -3.52. The van der Waals surface area contributed by atoms with Crippen molar-refractivity contribution in [1.82, 2.24) is 14.6 Å². The molecule has 1 fully saturated rings. The van der Waals surface area contributed by atoms with Gasteiger partial charge in [-0.05, 0) is 61.6 Å². The fourth-order valence-electron chi connectivity index (χ4n) is 3.94. The van der Waals surface area contributed by atoms with E-state index in [1.54, 1.807) is 42.6 Å². The van der Waals surface area contributed by atoms with E-state index >= 15 is 0 Å². The van der Waals surface area contributed by atoms with Gasteiger partial charge >= 0.3 is 0 Å². The number of sulfonamides is 1. The van der Waals surface area contributed by atoms with E-state index in [-0.39, 0.29) is 16.7 Å². The van der Waals surface area contributed by atoms with Gasteiger partial charge in [-0.2, -0.15) is 4.31 Å². The van der Waals surface area contributed by atoms with Gasteiger partial charge in [0, 0.05) is 37.8 Å². The number of aromatic nitrogens is 1. The molecule has 2 aromatic carbocycles. The molecule has 34 heavy (non-hydrogen) atoms. The first-order valence-corrected chi connectivity index (χ1v) is 12.8. The van der Waals surface area contributed by atoms with Gasteiger partial charge in [0.1, 0.15) is 5.75 Å². The van der Waals surface area contributed by atoms with Crippen LogP contribution in [0.2, 0.25) is 0 Å². The van der Waals surface area contributed by atoms with Crippen molar-refractivity contribution in [2.24, 2.45) is 5.92 Å². The maximum absolute atomic E-state index is 12.8. The number of rotatable bonds is 7. The van der Waals surface area contributed by atoms with Crippen LogP contribution in [-0.4, -0.2) is 36.7 Å². The molecule has 1 amide bonds. The summed E-state index contributed by atoms with van der Waals surface area (Å²) in [6, 6.07) is 18.1. The lowest BCUT2D eigenvalue weighted by Gasteiger charge is -2.30. The maximum Gasteiger partial charge on any atom is 0.243 e. The summed E-state index contributed by atoms with van der Waals surface area (Å²) in [6.45, 7) is 5.03. The van der Waals surface area contributed by atoms with Crippen LogP contribution in [0.1, 0.15) is 29.5 Å². The lowest BCUT2D eigenvalue weighted by Crippen LogP contribution is -2.42. The van der Waals surface area contributed by atoms with Crippen molar-refractivity contribution >= 4 is 15.9 Å². The first-order chi connectivity index (χ1) is 16.3. The second-order valence-corrected chi connectivity index (χ2v) is 10.5. The van der Waals surface area contributed by atoms with E-state index in [4.69, 9.17) is 4.74 Å². The molecule has 0 aliphatic carbocycles. The number of nitrogens with one attached hydrogen (secondary N) is 1. The molecule has 0 radical (unpaired) electrons. The molecule has 7 nitrogen and oxygen atoms in total. The zero-order valence-electron chi connectivity index (χ0n) is 19.4. The summed E-state index contributed by atoms with van der Waals surface area (Å²) in [5.41, 5.74) is 3.01. The molecule has 1 aliphatic rings. The Hall–Kier alpha value is -3.23. The number of amides is 1. The normalized spacial score (nSPS) is 15.1. The number of hydrogen-bond acceptors (Lipinski definition) is 5. The van der Waals surface area contributed by atoms with Crippen LogP contribution in [0.3, 0.4) is 0 Å². The van der Waals surface area contributed by atoms with Crippen LogP contribution in [0.25, 0.3) is 0 Å². The van der Waals surface area contributed by atoms with Gasteiger partial charge in [-0.15, -0.1) is 0 Å². The van der Waals surface area contributed by atoms with Crippen molar-refractivity contribution < 1.29 is 17.9 Å². The third kappa shape index (κ3) is 5.63. The van der Waals surface area contributed by atoms with E-state index in [0.717, 1.165) is 22.4 Å². The van der Waals surface area contributed by atoms with Crippen LogP contribution in [0.15, 0.2) is 71.8 Å². The number of carbonyl (C=O) groups excluding carboxylic acids is 1. The van der Waals surface area contributed by atoms with Crippen LogP contribution >= 0.6 is 0 Å². The van der Waals surface area contributed by atoms with Crippen molar-refractivity contribution in [3.8, 4) is 11.6 Å². The van der Waals surface area contributed by atoms with Gasteiger partial charge in [0.05, 0.1) is 4.90 Å².